The maximum atomic E-state index is 12.3. The van der Waals surface area contributed by atoms with E-state index in [-0.39, 0.29) is 5.92 Å². The molecule has 1 unspecified atom stereocenters. The molecule has 1 aromatic rings. The van der Waals surface area contributed by atoms with Crippen molar-refractivity contribution in [2.24, 2.45) is 5.92 Å². The summed E-state index contributed by atoms with van der Waals surface area (Å²) in [5.74, 6) is 0.824. The number of halogens is 3. The van der Waals surface area contributed by atoms with Crippen LogP contribution in [0.15, 0.2) is 18.2 Å². The molecule has 1 N–H and O–H groups in total. The van der Waals surface area contributed by atoms with Crippen molar-refractivity contribution in [3.05, 3.63) is 23.9 Å². The summed E-state index contributed by atoms with van der Waals surface area (Å²) in [6.07, 6.45) is -3.30. The maximum Gasteiger partial charge on any atom is 0.401 e. The number of alkyl halides is 3. The Labute approximate surface area is 122 Å². The van der Waals surface area contributed by atoms with E-state index in [2.05, 4.69) is 10.3 Å². The third-order valence-electron chi connectivity index (χ3n) is 3.50. The van der Waals surface area contributed by atoms with Crippen LogP contribution in [0.4, 0.5) is 13.2 Å². The minimum absolute atomic E-state index is 0.262. The second-order valence-electron chi connectivity index (χ2n) is 5.31. The summed E-state index contributed by atoms with van der Waals surface area (Å²) in [5.41, 5.74) is 0.861. The van der Waals surface area contributed by atoms with Crippen molar-refractivity contribution in [1.82, 2.24) is 15.2 Å². The third-order valence-corrected chi connectivity index (χ3v) is 3.50. The van der Waals surface area contributed by atoms with Crippen molar-refractivity contribution in [3.63, 3.8) is 0 Å². The average molecular weight is 303 g/mol. The van der Waals surface area contributed by atoms with Crippen LogP contribution < -0.4 is 10.1 Å². The molecule has 0 bridgehead atoms. The Morgan fingerprint density at radius 2 is 2.24 bits per heavy atom. The summed E-state index contributed by atoms with van der Waals surface area (Å²) in [6, 6.07) is 5.53. The highest BCUT2D eigenvalue weighted by Gasteiger charge is 2.34. The number of hydrogen-bond acceptors (Lipinski definition) is 4. The number of hydrogen-bond donors (Lipinski definition) is 1. The Bertz CT molecular complexity index is 453. The molecular formula is C14H20F3N3O. The van der Waals surface area contributed by atoms with Crippen LogP contribution in [0.2, 0.25) is 0 Å². The van der Waals surface area contributed by atoms with E-state index < -0.39 is 12.7 Å². The second-order valence-corrected chi connectivity index (χ2v) is 5.31. The SMILES string of the molecule is COc1cccc(CNCC2CCN(CC(F)(F)F)C2)n1. The van der Waals surface area contributed by atoms with Gasteiger partial charge in [0.15, 0.2) is 0 Å². The van der Waals surface area contributed by atoms with E-state index >= 15 is 0 Å². The number of methoxy groups -OCH3 is 1. The summed E-state index contributed by atoms with van der Waals surface area (Å²) < 4.78 is 41.9. The number of rotatable bonds is 6. The quantitative estimate of drug-likeness (QED) is 0.873. The first-order chi connectivity index (χ1) is 9.96. The van der Waals surface area contributed by atoms with Gasteiger partial charge in [-0.3, -0.25) is 4.90 Å². The lowest BCUT2D eigenvalue weighted by atomic mass is 10.1. The van der Waals surface area contributed by atoms with Crippen molar-refractivity contribution in [2.75, 3.05) is 33.3 Å². The first kappa shape index (κ1) is 16.0. The van der Waals surface area contributed by atoms with Crippen molar-refractivity contribution < 1.29 is 17.9 Å². The molecule has 1 aliphatic rings. The van der Waals surface area contributed by atoms with Crippen molar-refractivity contribution in [3.8, 4) is 5.88 Å². The number of nitrogens with one attached hydrogen (secondary N) is 1. The van der Waals surface area contributed by atoms with Crippen LogP contribution in [-0.2, 0) is 6.54 Å². The minimum atomic E-state index is -4.10. The first-order valence-corrected chi connectivity index (χ1v) is 6.96. The van der Waals surface area contributed by atoms with E-state index in [1.807, 2.05) is 12.1 Å². The van der Waals surface area contributed by atoms with Gasteiger partial charge in [-0.05, 0) is 31.5 Å². The zero-order valence-electron chi connectivity index (χ0n) is 12.0. The van der Waals surface area contributed by atoms with Crippen LogP contribution in [0.1, 0.15) is 12.1 Å². The number of likely N-dealkylation sites (tertiary alicyclic amines) is 1. The molecular weight excluding hydrogens is 283 g/mol. The molecule has 0 saturated carbocycles. The van der Waals surface area contributed by atoms with Gasteiger partial charge >= 0.3 is 6.18 Å². The monoisotopic (exact) mass is 303 g/mol. The van der Waals surface area contributed by atoms with Gasteiger partial charge < -0.3 is 10.1 Å². The molecule has 4 nitrogen and oxygen atoms in total. The molecule has 0 spiro atoms. The van der Waals surface area contributed by atoms with E-state index in [0.717, 1.165) is 12.1 Å². The minimum Gasteiger partial charge on any atom is -0.481 e. The largest absolute Gasteiger partial charge is 0.481 e. The molecule has 1 fully saturated rings. The maximum absolute atomic E-state index is 12.3. The summed E-state index contributed by atoms with van der Waals surface area (Å²) >= 11 is 0. The normalized spacial score (nSPS) is 19.9. The molecule has 0 amide bonds. The fourth-order valence-electron chi connectivity index (χ4n) is 2.55. The van der Waals surface area contributed by atoms with E-state index in [1.54, 1.807) is 13.2 Å². The highest BCUT2D eigenvalue weighted by Crippen LogP contribution is 2.22. The topological polar surface area (TPSA) is 37.4 Å². The molecule has 118 valence electrons. The predicted octanol–water partition coefficient (Wildman–Crippen LogP) is 2.06. The van der Waals surface area contributed by atoms with Gasteiger partial charge in [-0.25, -0.2) is 4.98 Å². The molecule has 2 rings (SSSR count). The smallest absolute Gasteiger partial charge is 0.401 e. The van der Waals surface area contributed by atoms with Gasteiger partial charge in [0.1, 0.15) is 0 Å². The van der Waals surface area contributed by atoms with Crippen LogP contribution >= 0.6 is 0 Å². The molecule has 0 aromatic carbocycles. The Morgan fingerprint density at radius 3 is 2.95 bits per heavy atom. The van der Waals surface area contributed by atoms with Crippen molar-refractivity contribution in [2.45, 2.75) is 19.1 Å². The van der Waals surface area contributed by atoms with E-state index in [9.17, 15) is 13.2 Å². The summed E-state index contributed by atoms with van der Waals surface area (Å²) in [6.45, 7) is 1.50. The molecule has 1 aliphatic heterocycles. The molecule has 21 heavy (non-hydrogen) atoms. The molecule has 0 aliphatic carbocycles. The van der Waals surface area contributed by atoms with Crippen LogP contribution in [0.25, 0.3) is 0 Å². The fraction of sp³-hybridized carbons (Fsp3) is 0.643. The van der Waals surface area contributed by atoms with Crippen LogP contribution in [0, 0.1) is 5.92 Å². The van der Waals surface area contributed by atoms with Gasteiger partial charge in [0.25, 0.3) is 0 Å². The number of nitrogens with zero attached hydrogens (tertiary/aromatic N) is 2. The van der Waals surface area contributed by atoms with E-state index in [1.165, 1.54) is 4.90 Å². The standard InChI is InChI=1S/C14H20F3N3O/c1-21-13-4-2-3-12(19-13)8-18-7-11-5-6-20(9-11)10-14(15,16)17/h2-4,11,18H,5-10H2,1H3. The molecule has 7 heteroatoms. The molecule has 1 saturated heterocycles. The van der Waals surface area contributed by atoms with Gasteiger partial charge in [0.05, 0.1) is 19.3 Å². The molecule has 2 heterocycles. The Hall–Kier alpha value is -1.34. The Morgan fingerprint density at radius 1 is 1.43 bits per heavy atom. The van der Waals surface area contributed by atoms with Crippen LogP contribution in [0.3, 0.4) is 0 Å². The lowest BCUT2D eigenvalue weighted by Gasteiger charge is -2.18. The van der Waals surface area contributed by atoms with Gasteiger partial charge in [0, 0.05) is 19.2 Å². The fourth-order valence-corrected chi connectivity index (χ4v) is 2.55. The number of aromatic nitrogens is 1. The zero-order valence-corrected chi connectivity index (χ0v) is 12.0. The predicted molar refractivity (Wildman–Crippen MR) is 73.1 cm³/mol. The molecule has 0 radical (unpaired) electrons. The van der Waals surface area contributed by atoms with Crippen LogP contribution in [0.5, 0.6) is 5.88 Å². The summed E-state index contributed by atoms with van der Waals surface area (Å²) in [5, 5.41) is 3.25. The van der Waals surface area contributed by atoms with Gasteiger partial charge in [0.2, 0.25) is 5.88 Å². The van der Waals surface area contributed by atoms with E-state index in [4.69, 9.17) is 4.74 Å². The van der Waals surface area contributed by atoms with Gasteiger partial charge in [-0.2, -0.15) is 13.2 Å². The van der Waals surface area contributed by atoms with E-state index in [0.29, 0.717) is 32.1 Å². The third kappa shape index (κ3) is 5.51. The Balaban J connectivity index is 1.70. The Kier molecular flexibility index (Phi) is 5.41. The summed E-state index contributed by atoms with van der Waals surface area (Å²) in [4.78, 5) is 5.74. The van der Waals surface area contributed by atoms with Gasteiger partial charge in [-0.15, -0.1) is 0 Å². The van der Waals surface area contributed by atoms with Gasteiger partial charge in [-0.1, -0.05) is 6.07 Å². The highest BCUT2D eigenvalue weighted by molar-refractivity contribution is 5.15. The summed E-state index contributed by atoms with van der Waals surface area (Å²) in [7, 11) is 1.56. The lowest BCUT2D eigenvalue weighted by molar-refractivity contribution is -0.143. The zero-order chi connectivity index (χ0) is 15.3. The molecule has 1 atom stereocenters. The second kappa shape index (κ2) is 7.09. The van der Waals surface area contributed by atoms with Crippen molar-refractivity contribution >= 4 is 0 Å². The van der Waals surface area contributed by atoms with Crippen molar-refractivity contribution in [1.29, 1.82) is 0 Å². The number of pyridine rings is 1. The first-order valence-electron chi connectivity index (χ1n) is 6.96. The number of ether oxygens (including phenoxy) is 1. The molecule has 1 aromatic heterocycles. The average Bonchev–Trinajstić information content (AvgIpc) is 2.84. The highest BCUT2D eigenvalue weighted by atomic mass is 19.4. The van der Waals surface area contributed by atoms with Crippen LogP contribution in [-0.4, -0.2) is 49.3 Å². The lowest BCUT2D eigenvalue weighted by Crippen LogP contribution is -2.33.